The number of hydrogen-bond donors (Lipinski definition) is 0. The molecule has 11 heteroatoms. The number of methoxy groups -OCH3 is 1. The molecule has 5 atom stereocenters. The van der Waals surface area contributed by atoms with Crippen molar-refractivity contribution in [1.82, 2.24) is 19.9 Å². The van der Waals surface area contributed by atoms with Gasteiger partial charge in [-0.05, 0) is 89.9 Å². The third-order valence-corrected chi connectivity index (χ3v) is 9.65. The molecule has 0 N–H and O–H groups in total. The van der Waals surface area contributed by atoms with Crippen LogP contribution < -0.4 is 4.74 Å². The quantitative estimate of drug-likeness (QED) is 0.273. The summed E-state index contributed by atoms with van der Waals surface area (Å²) in [5.74, 6) is 0.720. The highest BCUT2D eigenvalue weighted by Crippen LogP contribution is 2.66. The summed E-state index contributed by atoms with van der Waals surface area (Å²) in [4.78, 5) is 28.6. The zero-order valence-electron chi connectivity index (χ0n) is 27.2. The molecule has 0 radical (unpaired) electrons. The van der Waals surface area contributed by atoms with Crippen LogP contribution in [0, 0.1) is 17.3 Å². The summed E-state index contributed by atoms with van der Waals surface area (Å²) in [7, 11) is 4.91. The van der Waals surface area contributed by atoms with E-state index in [9.17, 15) is 9.59 Å². The number of para-hydroxylation sites is 1. The first-order valence-corrected chi connectivity index (χ1v) is 15.4. The van der Waals surface area contributed by atoms with Gasteiger partial charge in [-0.2, -0.15) is 0 Å². The molecule has 3 saturated carbocycles. The summed E-state index contributed by atoms with van der Waals surface area (Å²) in [6, 6.07) is 5.46. The van der Waals surface area contributed by atoms with Gasteiger partial charge in [0.25, 0.3) is 0 Å². The fraction of sp³-hybridized carbons (Fsp3) is 0.688. The van der Waals surface area contributed by atoms with Crippen LogP contribution in [0.1, 0.15) is 82.4 Å². The number of hydrogen-bond acceptors (Lipinski definition) is 9. The van der Waals surface area contributed by atoms with Gasteiger partial charge in [-0.1, -0.05) is 31.2 Å². The van der Waals surface area contributed by atoms with Crippen molar-refractivity contribution < 1.29 is 28.4 Å². The minimum Gasteiger partial charge on any atom is -0.496 e. The molecule has 1 aromatic heterocycles. The summed E-state index contributed by atoms with van der Waals surface area (Å²) in [6.07, 6.45) is 4.56. The van der Waals surface area contributed by atoms with E-state index in [1.807, 2.05) is 58.1 Å². The molecular formula is C32H47BN4O6. The number of ketones is 1. The van der Waals surface area contributed by atoms with Crippen LogP contribution in [0.15, 0.2) is 24.4 Å². The Morgan fingerprint density at radius 3 is 2.60 bits per heavy atom. The number of rotatable bonds is 11. The first-order valence-electron chi connectivity index (χ1n) is 15.4. The molecule has 0 amide bonds. The summed E-state index contributed by atoms with van der Waals surface area (Å²) in [5.41, 5.74) is 1.12. The molecule has 0 spiro atoms. The van der Waals surface area contributed by atoms with Crippen molar-refractivity contribution in [2.45, 2.75) is 103 Å². The van der Waals surface area contributed by atoms with Gasteiger partial charge in [0, 0.05) is 18.8 Å². The average molecular weight is 595 g/mol. The summed E-state index contributed by atoms with van der Waals surface area (Å²) < 4.78 is 26.5. The normalized spacial score (nSPS) is 26.6. The van der Waals surface area contributed by atoms with Crippen molar-refractivity contribution in [2.24, 2.45) is 17.3 Å². The maximum absolute atomic E-state index is 13.5. The number of ether oxygens (including phenoxy) is 2. The molecule has 2 heterocycles. The third kappa shape index (κ3) is 6.40. The lowest BCUT2D eigenvalue weighted by molar-refractivity contribution is -0.199. The second-order valence-corrected chi connectivity index (χ2v) is 14.7. The molecule has 10 nitrogen and oxygen atoms in total. The smallest absolute Gasteiger partial charge is 0.461 e. The van der Waals surface area contributed by atoms with Crippen molar-refractivity contribution in [3.8, 4) is 5.75 Å². The van der Waals surface area contributed by atoms with Crippen molar-refractivity contribution in [1.29, 1.82) is 0 Å². The average Bonchev–Trinajstić information content (AvgIpc) is 3.49. The number of carbonyl (C=O) groups is 2. The standard InChI is InChI=1S/C32H47BN4O6/c1-30(2,3)41-29(39)25-12-10-11-20(28(25)40-9)13-22(16-24(38)19-37-18-23(34-35-37)17-36(7)8)33-42-27-15-21-14-26(31(21,4)5)32(27,6)43-33/h10-12,18,21-22,26-27H,13-17,19H2,1-9H3/t21-,22+,26-,27+,32-/m0/s1. The van der Waals surface area contributed by atoms with Crippen LogP contribution in [0.5, 0.6) is 5.75 Å². The van der Waals surface area contributed by atoms with Crippen LogP contribution in [0.25, 0.3) is 0 Å². The van der Waals surface area contributed by atoms with E-state index >= 15 is 0 Å². The van der Waals surface area contributed by atoms with Crippen LogP contribution >= 0.6 is 0 Å². The zero-order chi connectivity index (χ0) is 31.3. The van der Waals surface area contributed by atoms with Gasteiger partial charge in [0.05, 0.1) is 30.7 Å². The van der Waals surface area contributed by atoms with Gasteiger partial charge in [0.15, 0.2) is 5.78 Å². The highest BCUT2D eigenvalue weighted by atomic mass is 16.7. The fourth-order valence-corrected chi connectivity index (χ4v) is 7.48. The second-order valence-electron chi connectivity index (χ2n) is 14.7. The van der Waals surface area contributed by atoms with Crippen LogP contribution in [0.4, 0.5) is 0 Å². The van der Waals surface area contributed by atoms with E-state index in [1.165, 1.54) is 0 Å². The summed E-state index contributed by atoms with van der Waals surface area (Å²) in [5, 5.41) is 8.37. The Kier molecular flexibility index (Phi) is 8.57. The molecule has 0 unspecified atom stereocenters. The molecule has 234 valence electrons. The van der Waals surface area contributed by atoms with Crippen LogP contribution in [0.2, 0.25) is 5.82 Å². The van der Waals surface area contributed by atoms with Gasteiger partial charge in [-0.15, -0.1) is 5.10 Å². The van der Waals surface area contributed by atoms with Gasteiger partial charge < -0.3 is 23.7 Å². The Bertz CT molecular complexity index is 1350. The van der Waals surface area contributed by atoms with Crippen molar-refractivity contribution in [3.05, 3.63) is 41.2 Å². The van der Waals surface area contributed by atoms with Gasteiger partial charge in [-0.3, -0.25) is 4.79 Å². The Morgan fingerprint density at radius 1 is 1.21 bits per heavy atom. The summed E-state index contributed by atoms with van der Waals surface area (Å²) in [6.45, 7) is 13.1. The van der Waals surface area contributed by atoms with E-state index in [4.69, 9.17) is 18.8 Å². The maximum atomic E-state index is 13.5. The number of benzene rings is 1. The number of esters is 1. The topological polar surface area (TPSA) is 105 Å². The molecule has 1 aliphatic heterocycles. The number of carbonyl (C=O) groups excluding carboxylic acids is 2. The lowest BCUT2D eigenvalue weighted by atomic mass is 9.43. The molecule has 43 heavy (non-hydrogen) atoms. The monoisotopic (exact) mass is 594 g/mol. The maximum Gasteiger partial charge on any atom is 0.461 e. The largest absolute Gasteiger partial charge is 0.496 e. The van der Waals surface area contributed by atoms with E-state index in [-0.39, 0.29) is 36.1 Å². The van der Waals surface area contributed by atoms with Gasteiger partial charge in [0.2, 0.25) is 0 Å². The van der Waals surface area contributed by atoms with Crippen LogP contribution in [-0.4, -0.2) is 77.3 Å². The Hall–Kier alpha value is -2.76. The molecule has 1 saturated heterocycles. The van der Waals surface area contributed by atoms with Gasteiger partial charge in [-0.25, -0.2) is 9.48 Å². The predicted octanol–water partition coefficient (Wildman–Crippen LogP) is 4.60. The number of nitrogens with zero attached hydrogens (tertiary/aromatic N) is 4. The van der Waals surface area contributed by atoms with Gasteiger partial charge in [0.1, 0.15) is 23.5 Å². The van der Waals surface area contributed by atoms with Crippen molar-refractivity contribution in [3.63, 3.8) is 0 Å². The van der Waals surface area contributed by atoms with E-state index in [0.29, 0.717) is 36.1 Å². The molecule has 3 aliphatic carbocycles. The first kappa shape index (κ1) is 31.7. The molecular weight excluding hydrogens is 547 g/mol. The molecule has 1 aromatic carbocycles. The van der Waals surface area contributed by atoms with E-state index in [0.717, 1.165) is 24.1 Å². The number of aromatic nitrogens is 3. The minimum atomic E-state index is -0.646. The SMILES string of the molecule is COc1c(C[C@H](CC(=O)Cn2cc(CN(C)C)nn2)B2O[C@@H]3C[C@@H]4C[C@@H](C4(C)C)[C@]3(C)O2)cccc1C(=O)OC(C)(C)C. The molecule has 4 aliphatic rings. The van der Waals surface area contributed by atoms with Crippen LogP contribution in [0.3, 0.4) is 0 Å². The fourth-order valence-electron chi connectivity index (χ4n) is 7.48. The minimum absolute atomic E-state index is 0.00502. The van der Waals surface area contributed by atoms with Crippen LogP contribution in [-0.2, 0) is 38.4 Å². The van der Waals surface area contributed by atoms with E-state index in [1.54, 1.807) is 17.9 Å². The lowest BCUT2D eigenvalue weighted by Gasteiger charge is -2.64. The van der Waals surface area contributed by atoms with Gasteiger partial charge >= 0.3 is 13.1 Å². The molecule has 6 rings (SSSR count). The molecule has 2 aromatic rings. The third-order valence-electron chi connectivity index (χ3n) is 9.65. The van der Waals surface area contributed by atoms with Crippen molar-refractivity contribution >= 4 is 18.9 Å². The lowest BCUT2D eigenvalue weighted by Crippen LogP contribution is -2.65. The Balaban J connectivity index is 1.40. The predicted molar refractivity (Wildman–Crippen MR) is 163 cm³/mol. The van der Waals surface area contributed by atoms with E-state index in [2.05, 4.69) is 31.1 Å². The Labute approximate surface area is 255 Å². The zero-order valence-corrected chi connectivity index (χ0v) is 27.2. The number of Topliss-reactive ketones (excluding diaryl/α,β-unsaturated/α-hetero) is 1. The second kappa shape index (κ2) is 11.6. The Morgan fingerprint density at radius 2 is 1.95 bits per heavy atom. The first-order chi connectivity index (χ1) is 20.1. The van der Waals surface area contributed by atoms with E-state index < -0.39 is 24.3 Å². The molecule has 2 bridgehead atoms. The highest BCUT2D eigenvalue weighted by molar-refractivity contribution is 6.48. The van der Waals surface area contributed by atoms with Crippen molar-refractivity contribution in [2.75, 3.05) is 21.2 Å². The highest BCUT2D eigenvalue weighted by Gasteiger charge is 2.68. The molecule has 4 fully saturated rings. The summed E-state index contributed by atoms with van der Waals surface area (Å²) >= 11 is 0.